The van der Waals surface area contributed by atoms with Crippen LogP contribution >= 0.6 is 0 Å². The highest BCUT2D eigenvalue weighted by Crippen LogP contribution is 2.07. The smallest absolute Gasteiger partial charge is 0.191 e. The molecule has 0 amide bonds. The second-order valence-corrected chi connectivity index (χ2v) is 6.03. The summed E-state index contributed by atoms with van der Waals surface area (Å²) in [6, 6.07) is 8.46. The first-order chi connectivity index (χ1) is 12.3. The Bertz CT molecular complexity index is 499. The molecule has 140 valence electrons. The number of hydrogen-bond acceptors (Lipinski definition) is 4. The number of rotatable bonds is 9. The second-order valence-electron chi connectivity index (χ2n) is 6.03. The van der Waals surface area contributed by atoms with Gasteiger partial charge in [-0.15, -0.1) is 0 Å². The molecule has 0 atom stereocenters. The molecule has 6 heteroatoms. The van der Waals surface area contributed by atoms with Gasteiger partial charge in [-0.05, 0) is 25.0 Å². The molecule has 0 aliphatic carbocycles. The van der Waals surface area contributed by atoms with Gasteiger partial charge in [0.25, 0.3) is 0 Å². The normalized spacial score (nSPS) is 16.0. The number of nitrogens with one attached hydrogen (secondary N) is 2. The Hall–Kier alpha value is -1.63. The number of aliphatic imine (C=N–C) groups is 1. The molecule has 0 aromatic heterocycles. The minimum atomic E-state index is 0.668. The van der Waals surface area contributed by atoms with Gasteiger partial charge in [0.15, 0.2) is 5.96 Å². The van der Waals surface area contributed by atoms with Crippen molar-refractivity contribution in [1.82, 2.24) is 15.5 Å². The van der Waals surface area contributed by atoms with Gasteiger partial charge in [-0.25, -0.2) is 4.99 Å². The lowest BCUT2D eigenvalue weighted by atomic mass is 10.1. The predicted octanol–water partition coefficient (Wildman–Crippen LogP) is 1.61. The fourth-order valence-electron chi connectivity index (χ4n) is 2.63. The summed E-state index contributed by atoms with van der Waals surface area (Å²) in [6.07, 6.45) is 0. The summed E-state index contributed by atoms with van der Waals surface area (Å²) < 4.78 is 10.8. The van der Waals surface area contributed by atoms with Gasteiger partial charge in [0.2, 0.25) is 0 Å². The number of benzene rings is 1. The Morgan fingerprint density at radius 3 is 2.52 bits per heavy atom. The van der Waals surface area contributed by atoms with E-state index >= 15 is 0 Å². The fraction of sp³-hybridized carbons (Fsp3) is 0.632. The van der Waals surface area contributed by atoms with Crippen molar-refractivity contribution in [2.45, 2.75) is 27.0 Å². The maximum atomic E-state index is 5.42. The molecule has 1 heterocycles. The van der Waals surface area contributed by atoms with Crippen LogP contribution in [-0.2, 0) is 22.6 Å². The topological polar surface area (TPSA) is 58.1 Å². The van der Waals surface area contributed by atoms with Gasteiger partial charge in [-0.3, -0.25) is 4.90 Å². The van der Waals surface area contributed by atoms with Crippen molar-refractivity contribution in [2.24, 2.45) is 4.99 Å². The highest BCUT2D eigenvalue weighted by Gasteiger charge is 2.09. The molecule has 1 aliphatic rings. The first-order valence-electron chi connectivity index (χ1n) is 9.29. The predicted molar refractivity (Wildman–Crippen MR) is 102 cm³/mol. The van der Waals surface area contributed by atoms with Gasteiger partial charge in [-0.2, -0.15) is 0 Å². The number of morpholine rings is 1. The lowest BCUT2D eigenvalue weighted by Gasteiger charge is -2.26. The SMILES string of the molecule is CCNC(=NCc1ccc(COCC)cc1)NCCN1CCOCC1. The van der Waals surface area contributed by atoms with Crippen LogP contribution in [0.25, 0.3) is 0 Å². The molecular formula is C19H32N4O2. The van der Waals surface area contributed by atoms with E-state index in [2.05, 4.69) is 51.7 Å². The van der Waals surface area contributed by atoms with Crippen LogP contribution in [0.4, 0.5) is 0 Å². The Kier molecular flexibility index (Phi) is 9.33. The quantitative estimate of drug-likeness (QED) is 0.524. The van der Waals surface area contributed by atoms with Crippen LogP contribution in [0.15, 0.2) is 29.3 Å². The van der Waals surface area contributed by atoms with Crippen LogP contribution in [0.3, 0.4) is 0 Å². The number of nitrogens with zero attached hydrogens (tertiary/aromatic N) is 2. The van der Waals surface area contributed by atoms with E-state index in [4.69, 9.17) is 9.47 Å². The average Bonchev–Trinajstić information content (AvgIpc) is 2.66. The highest BCUT2D eigenvalue weighted by molar-refractivity contribution is 5.79. The summed E-state index contributed by atoms with van der Waals surface area (Å²) in [5.74, 6) is 0.870. The lowest BCUT2D eigenvalue weighted by Crippen LogP contribution is -2.44. The van der Waals surface area contributed by atoms with E-state index in [1.165, 1.54) is 11.1 Å². The maximum Gasteiger partial charge on any atom is 0.191 e. The van der Waals surface area contributed by atoms with Crippen LogP contribution in [0.1, 0.15) is 25.0 Å². The third-order valence-corrected chi connectivity index (χ3v) is 4.08. The van der Waals surface area contributed by atoms with Crippen LogP contribution in [-0.4, -0.2) is 63.4 Å². The Balaban J connectivity index is 1.77. The van der Waals surface area contributed by atoms with Crippen molar-refractivity contribution in [3.63, 3.8) is 0 Å². The molecule has 2 N–H and O–H groups in total. The van der Waals surface area contributed by atoms with E-state index in [9.17, 15) is 0 Å². The average molecular weight is 348 g/mol. The highest BCUT2D eigenvalue weighted by atomic mass is 16.5. The van der Waals surface area contributed by atoms with Gasteiger partial charge in [0, 0.05) is 39.3 Å². The van der Waals surface area contributed by atoms with Crippen molar-refractivity contribution in [3.8, 4) is 0 Å². The third kappa shape index (κ3) is 7.86. The monoisotopic (exact) mass is 348 g/mol. The molecule has 1 aliphatic heterocycles. The molecule has 0 bridgehead atoms. The van der Waals surface area contributed by atoms with Gasteiger partial charge >= 0.3 is 0 Å². The molecule has 25 heavy (non-hydrogen) atoms. The van der Waals surface area contributed by atoms with E-state index in [1.54, 1.807) is 0 Å². The summed E-state index contributed by atoms with van der Waals surface area (Å²) >= 11 is 0. The Labute approximate surface area is 151 Å². The van der Waals surface area contributed by atoms with Crippen molar-refractivity contribution < 1.29 is 9.47 Å². The van der Waals surface area contributed by atoms with E-state index in [0.29, 0.717) is 13.2 Å². The van der Waals surface area contributed by atoms with Gasteiger partial charge < -0.3 is 20.1 Å². The summed E-state index contributed by atoms with van der Waals surface area (Å²) in [5, 5.41) is 6.72. The first-order valence-corrected chi connectivity index (χ1v) is 9.29. The number of guanidine groups is 1. The minimum Gasteiger partial charge on any atom is -0.379 e. The van der Waals surface area contributed by atoms with E-state index in [0.717, 1.165) is 58.5 Å². The Morgan fingerprint density at radius 2 is 1.84 bits per heavy atom. The van der Waals surface area contributed by atoms with Crippen molar-refractivity contribution in [2.75, 3.05) is 52.5 Å². The molecule has 0 radical (unpaired) electrons. The zero-order chi connectivity index (χ0) is 17.7. The zero-order valence-electron chi connectivity index (χ0n) is 15.6. The summed E-state index contributed by atoms with van der Waals surface area (Å²) in [5.41, 5.74) is 2.40. The second kappa shape index (κ2) is 11.8. The molecule has 2 rings (SSSR count). The fourth-order valence-corrected chi connectivity index (χ4v) is 2.63. The number of ether oxygens (including phenoxy) is 2. The molecular weight excluding hydrogens is 316 g/mol. The summed E-state index contributed by atoms with van der Waals surface area (Å²) in [7, 11) is 0. The van der Waals surface area contributed by atoms with Crippen molar-refractivity contribution in [3.05, 3.63) is 35.4 Å². The van der Waals surface area contributed by atoms with Gasteiger partial charge in [0.05, 0.1) is 26.4 Å². The molecule has 1 saturated heterocycles. The van der Waals surface area contributed by atoms with E-state index < -0.39 is 0 Å². The molecule has 0 saturated carbocycles. The van der Waals surface area contributed by atoms with Crippen molar-refractivity contribution >= 4 is 5.96 Å². The van der Waals surface area contributed by atoms with Crippen LogP contribution in [0.2, 0.25) is 0 Å². The largest absolute Gasteiger partial charge is 0.379 e. The van der Waals surface area contributed by atoms with Crippen LogP contribution < -0.4 is 10.6 Å². The van der Waals surface area contributed by atoms with Crippen LogP contribution in [0, 0.1) is 0 Å². The number of hydrogen-bond donors (Lipinski definition) is 2. The first kappa shape index (κ1) is 19.7. The third-order valence-electron chi connectivity index (χ3n) is 4.08. The summed E-state index contributed by atoms with van der Waals surface area (Å²) in [6.45, 7) is 12.7. The van der Waals surface area contributed by atoms with Crippen LogP contribution in [0.5, 0.6) is 0 Å². The minimum absolute atomic E-state index is 0.668. The van der Waals surface area contributed by atoms with E-state index in [-0.39, 0.29) is 0 Å². The van der Waals surface area contributed by atoms with Crippen molar-refractivity contribution in [1.29, 1.82) is 0 Å². The maximum absolute atomic E-state index is 5.42. The zero-order valence-corrected chi connectivity index (χ0v) is 15.6. The van der Waals surface area contributed by atoms with Gasteiger partial charge in [0.1, 0.15) is 0 Å². The molecule has 1 aromatic rings. The molecule has 6 nitrogen and oxygen atoms in total. The summed E-state index contributed by atoms with van der Waals surface area (Å²) in [4.78, 5) is 7.09. The molecule has 0 spiro atoms. The molecule has 1 aromatic carbocycles. The molecule has 1 fully saturated rings. The molecule has 0 unspecified atom stereocenters. The Morgan fingerprint density at radius 1 is 1.12 bits per heavy atom. The standard InChI is InChI=1S/C19H32N4O2/c1-3-20-19(21-9-10-23-11-13-25-14-12-23)22-15-17-5-7-18(8-6-17)16-24-4-2/h5-8H,3-4,9-16H2,1-2H3,(H2,20,21,22). The van der Waals surface area contributed by atoms with E-state index in [1.807, 2.05) is 6.92 Å². The lowest BCUT2D eigenvalue weighted by molar-refractivity contribution is 0.0389. The van der Waals surface area contributed by atoms with Gasteiger partial charge in [-0.1, -0.05) is 24.3 Å².